The maximum Gasteiger partial charge on any atom is 0.256 e. The lowest BCUT2D eigenvalue weighted by atomic mass is 10.1. The fraction of sp³-hybridized carbons (Fsp3) is 0.533. The molecule has 0 spiro atoms. The van der Waals surface area contributed by atoms with E-state index in [4.69, 9.17) is 10.5 Å². The molecule has 0 saturated carbocycles. The Balaban J connectivity index is 2.01. The summed E-state index contributed by atoms with van der Waals surface area (Å²) in [7, 11) is 1.68. The largest absolute Gasteiger partial charge is 0.399 e. The zero-order valence-electron chi connectivity index (χ0n) is 12.3. The molecule has 0 radical (unpaired) electrons. The monoisotopic (exact) mass is 295 g/mol. The third-order valence-corrected chi connectivity index (χ3v) is 3.71. The van der Waals surface area contributed by atoms with Crippen LogP contribution in [0.4, 0.5) is 10.1 Å². The summed E-state index contributed by atoms with van der Waals surface area (Å²) in [6.07, 6.45) is 0.874. The summed E-state index contributed by atoms with van der Waals surface area (Å²) in [4.78, 5) is 16.4. The average Bonchev–Trinajstić information content (AvgIpc) is 2.72. The van der Waals surface area contributed by atoms with Gasteiger partial charge in [0.25, 0.3) is 5.91 Å². The first-order valence-electron chi connectivity index (χ1n) is 7.17. The van der Waals surface area contributed by atoms with Crippen molar-refractivity contribution in [1.82, 2.24) is 9.80 Å². The second-order valence-electron chi connectivity index (χ2n) is 5.22. The Kier molecular flexibility index (Phi) is 5.52. The zero-order valence-corrected chi connectivity index (χ0v) is 12.3. The number of carbonyl (C=O) groups is 1. The quantitative estimate of drug-likeness (QED) is 0.848. The number of ether oxygens (including phenoxy) is 1. The molecule has 0 aliphatic carbocycles. The maximum absolute atomic E-state index is 13.8. The Bertz CT molecular complexity index is 496. The van der Waals surface area contributed by atoms with Crippen molar-refractivity contribution in [2.75, 3.05) is 52.2 Å². The minimum Gasteiger partial charge on any atom is -0.399 e. The van der Waals surface area contributed by atoms with E-state index in [0.29, 0.717) is 25.4 Å². The Morgan fingerprint density at radius 1 is 1.33 bits per heavy atom. The van der Waals surface area contributed by atoms with Crippen molar-refractivity contribution >= 4 is 11.6 Å². The summed E-state index contributed by atoms with van der Waals surface area (Å²) >= 11 is 0. The van der Waals surface area contributed by atoms with Gasteiger partial charge in [0.15, 0.2) is 0 Å². The van der Waals surface area contributed by atoms with Crippen LogP contribution in [0.3, 0.4) is 0 Å². The molecule has 0 aromatic heterocycles. The summed E-state index contributed by atoms with van der Waals surface area (Å²) in [6, 6.07) is 4.11. The number of anilines is 1. The van der Waals surface area contributed by atoms with Gasteiger partial charge in [0.1, 0.15) is 5.82 Å². The minimum absolute atomic E-state index is 0.0559. The Morgan fingerprint density at radius 2 is 2.14 bits per heavy atom. The van der Waals surface area contributed by atoms with Crippen LogP contribution < -0.4 is 5.73 Å². The van der Waals surface area contributed by atoms with Crippen LogP contribution in [0.2, 0.25) is 0 Å². The molecule has 1 fully saturated rings. The highest BCUT2D eigenvalue weighted by atomic mass is 19.1. The number of hydrogen-bond acceptors (Lipinski definition) is 4. The molecule has 2 rings (SSSR count). The SMILES string of the molecule is COCCN1CCCN(C(=O)c2cc(N)ccc2F)CC1. The molecule has 0 atom stereocenters. The van der Waals surface area contributed by atoms with Crippen molar-refractivity contribution in [2.24, 2.45) is 0 Å². The normalized spacial score (nSPS) is 16.8. The molecule has 1 aromatic carbocycles. The van der Waals surface area contributed by atoms with Crippen molar-refractivity contribution in [2.45, 2.75) is 6.42 Å². The Labute approximate surface area is 124 Å². The average molecular weight is 295 g/mol. The number of carbonyl (C=O) groups excluding carboxylic acids is 1. The number of benzene rings is 1. The van der Waals surface area contributed by atoms with Gasteiger partial charge in [0, 0.05) is 39.0 Å². The van der Waals surface area contributed by atoms with Crippen LogP contribution in [0.1, 0.15) is 16.8 Å². The van der Waals surface area contributed by atoms with Crippen LogP contribution in [-0.2, 0) is 4.74 Å². The molecule has 0 unspecified atom stereocenters. The molecule has 1 heterocycles. The number of amides is 1. The molecule has 1 aromatic rings. The fourth-order valence-corrected chi connectivity index (χ4v) is 2.50. The van der Waals surface area contributed by atoms with Gasteiger partial charge in [0.05, 0.1) is 12.2 Å². The number of nitrogens with zero attached hydrogens (tertiary/aromatic N) is 2. The summed E-state index contributed by atoms with van der Waals surface area (Å²) in [5, 5.41) is 0. The first-order valence-corrected chi connectivity index (χ1v) is 7.17. The van der Waals surface area contributed by atoms with Gasteiger partial charge < -0.3 is 15.4 Å². The first kappa shape index (κ1) is 15.7. The predicted molar refractivity (Wildman–Crippen MR) is 79.6 cm³/mol. The van der Waals surface area contributed by atoms with Crippen molar-refractivity contribution in [3.63, 3.8) is 0 Å². The van der Waals surface area contributed by atoms with Gasteiger partial charge in [-0.3, -0.25) is 9.69 Å². The molecule has 0 bridgehead atoms. The molecule has 1 saturated heterocycles. The van der Waals surface area contributed by atoms with Crippen molar-refractivity contribution in [3.8, 4) is 0 Å². The van der Waals surface area contributed by atoms with E-state index in [1.807, 2.05) is 0 Å². The highest BCUT2D eigenvalue weighted by Gasteiger charge is 2.22. The van der Waals surface area contributed by atoms with E-state index in [1.165, 1.54) is 18.2 Å². The standard InChI is InChI=1S/C15H22FN3O2/c1-21-10-9-18-5-2-6-19(8-7-18)15(20)13-11-12(17)3-4-14(13)16/h3-4,11H,2,5-10,17H2,1H3. The third kappa shape index (κ3) is 4.15. The van der Waals surface area contributed by atoms with Gasteiger partial charge >= 0.3 is 0 Å². The van der Waals surface area contributed by atoms with Crippen LogP contribution in [0, 0.1) is 5.82 Å². The van der Waals surface area contributed by atoms with E-state index in [1.54, 1.807) is 12.0 Å². The Hall–Kier alpha value is -1.66. The lowest BCUT2D eigenvalue weighted by Crippen LogP contribution is -2.36. The van der Waals surface area contributed by atoms with Gasteiger partial charge in [-0.25, -0.2) is 4.39 Å². The lowest BCUT2D eigenvalue weighted by Gasteiger charge is -2.22. The van der Waals surface area contributed by atoms with E-state index in [0.717, 1.165) is 26.1 Å². The number of methoxy groups -OCH3 is 1. The first-order chi connectivity index (χ1) is 10.1. The summed E-state index contributed by atoms with van der Waals surface area (Å²) in [5.41, 5.74) is 6.10. The van der Waals surface area contributed by atoms with Crippen LogP contribution in [0.15, 0.2) is 18.2 Å². The van der Waals surface area contributed by atoms with Gasteiger partial charge in [-0.2, -0.15) is 0 Å². The molecule has 2 N–H and O–H groups in total. The number of rotatable bonds is 4. The molecule has 5 nitrogen and oxygen atoms in total. The maximum atomic E-state index is 13.8. The number of nitrogens with two attached hydrogens (primary N) is 1. The molecule has 21 heavy (non-hydrogen) atoms. The third-order valence-electron chi connectivity index (χ3n) is 3.71. The molecular formula is C15H22FN3O2. The highest BCUT2D eigenvalue weighted by molar-refractivity contribution is 5.95. The predicted octanol–water partition coefficient (Wildman–Crippen LogP) is 1.20. The number of hydrogen-bond donors (Lipinski definition) is 1. The smallest absolute Gasteiger partial charge is 0.256 e. The van der Waals surface area contributed by atoms with Crippen LogP contribution in [-0.4, -0.2) is 62.1 Å². The molecule has 1 aliphatic heterocycles. The number of nitrogen functional groups attached to an aromatic ring is 1. The minimum atomic E-state index is -0.519. The van der Waals surface area contributed by atoms with E-state index in [2.05, 4.69) is 4.90 Å². The van der Waals surface area contributed by atoms with Gasteiger partial charge in [-0.15, -0.1) is 0 Å². The second-order valence-corrected chi connectivity index (χ2v) is 5.22. The van der Waals surface area contributed by atoms with Crippen molar-refractivity contribution < 1.29 is 13.9 Å². The second kappa shape index (κ2) is 7.38. The molecule has 6 heteroatoms. The van der Waals surface area contributed by atoms with E-state index >= 15 is 0 Å². The van der Waals surface area contributed by atoms with Crippen molar-refractivity contribution in [1.29, 1.82) is 0 Å². The van der Waals surface area contributed by atoms with Crippen LogP contribution in [0.5, 0.6) is 0 Å². The van der Waals surface area contributed by atoms with Gasteiger partial charge in [0.2, 0.25) is 0 Å². The van der Waals surface area contributed by atoms with E-state index < -0.39 is 5.82 Å². The van der Waals surface area contributed by atoms with E-state index in [-0.39, 0.29) is 11.5 Å². The molecular weight excluding hydrogens is 273 g/mol. The summed E-state index contributed by atoms with van der Waals surface area (Å²) in [5.74, 6) is -0.803. The molecule has 1 amide bonds. The zero-order chi connectivity index (χ0) is 15.2. The van der Waals surface area contributed by atoms with Gasteiger partial charge in [-0.1, -0.05) is 0 Å². The van der Waals surface area contributed by atoms with E-state index in [9.17, 15) is 9.18 Å². The van der Waals surface area contributed by atoms with Crippen LogP contribution in [0.25, 0.3) is 0 Å². The van der Waals surface area contributed by atoms with Gasteiger partial charge in [-0.05, 0) is 31.2 Å². The topological polar surface area (TPSA) is 58.8 Å². The van der Waals surface area contributed by atoms with Crippen LogP contribution >= 0.6 is 0 Å². The Morgan fingerprint density at radius 3 is 2.90 bits per heavy atom. The summed E-state index contributed by atoms with van der Waals surface area (Å²) in [6.45, 7) is 4.46. The molecule has 1 aliphatic rings. The molecule has 116 valence electrons. The summed E-state index contributed by atoms with van der Waals surface area (Å²) < 4.78 is 18.9. The lowest BCUT2D eigenvalue weighted by molar-refractivity contribution is 0.0754. The number of halogens is 1. The highest BCUT2D eigenvalue weighted by Crippen LogP contribution is 2.16. The van der Waals surface area contributed by atoms with Crippen molar-refractivity contribution in [3.05, 3.63) is 29.6 Å². The fourth-order valence-electron chi connectivity index (χ4n) is 2.50.